The van der Waals surface area contributed by atoms with Crippen LogP contribution in [0.3, 0.4) is 0 Å². The Morgan fingerprint density at radius 2 is 2.00 bits per heavy atom. The molecule has 1 atom stereocenters. The van der Waals surface area contributed by atoms with E-state index < -0.39 is 5.97 Å². The number of hydrogen-bond acceptors (Lipinski definition) is 9. The largest absolute Gasteiger partial charge is 0.494 e. The first kappa shape index (κ1) is 30.6. The lowest BCUT2D eigenvalue weighted by atomic mass is 10.1. The molecule has 44 heavy (non-hydrogen) atoms. The first-order valence-corrected chi connectivity index (χ1v) is 14.7. The van der Waals surface area contributed by atoms with Crippen LogP contribution in [0, 0.1) is 0 Å². The molecule has 1 aliphatic rings. The predicted molar refractivity (Wildman–Crippen MR) is 173 cm³/mol. The van der Waals surface area contributed by atoms with Crippen LogP contribution in [-0.4, -0.2) is 77.8 Å². The van der Waals surface area contributed by atoms with Gasteiger partial charge in [-0.1, -0.05) is 24.8 Å². The lowest BCUT2D eigenvalue weighted by Crippen LogP contribution is -2.37. The zero-order valence-corrected chi connectivity index (χ0v) is 25.8. The van der Waals surface area contributed by atoms with Crippen molar-refractivity contribution in [2.24, 2.45) is 0 Å². The number of esters is 1. The summed E-state index contributed by atoms with van der Waals surface area (Å²) in [5, 5.41) is 7.18. The maximum Gasteiger partial charge on any atom is 0.343 e. The number of aromatic nitrogens is 3. The summed E-state index contributed by atoms with van der Waals surface area (Å²) in [6, 6.07) is 13.9. The summed E-state index contributed by atoms with van der Waals surface area (Å²) in [4.78, 5) is 39.3. The number of anilines is 4. The number of carbonyl (C=O) groups excluding carboxylic acids is 2. The average molecular weight is 598 g/mol. The van der Waals surface area contributed by atoms with Gasteiger partial charge in [-0.15, -0.1) is 0 Å². The Bertz CT molecular complexity index is 1680. The van der Waals surface area contributed by atoms with E-state index in [1.165, 1.54) is 12.3 Å². The standard InChI is InChI=1S/C33H39N7O4/c1-7-30(41)35-25-17-26(29(43-6)18-28(25)39(5)20-23-12-10-15-38(23)4)36-33-34-19-24(32(42)44-21(2)3)31(37-33)40-16-14-22-11-8-9-13-27(22)40/h7-9,11,13-14,16-19,21,23H,1,10,12,15,20H2,2-6H3,(H,35,41)(H,34,36,37)/t23-/m1/s1. The zero-order valence-electron chi connectivity index (χ0n) is 25.8. The molecule has 1 amide bonds. The van der Waals surface area contributed by atoms with Crippen LogP contribution in [0.1, 0.15) is 37.0 Å². The van der Waals surface area contributed by atoms with E-state index in [1.807, 2.05) is 54.2 Å². The van der Waals surface area contributed by atoms with Gasteiger partial charge in [0.1, 0.15) is 11.3 Å². The van der Waals surface area contributed by atoms with Crippen molar-refractivity contribution < 1.29 is 19.1 Å². The maximum absolute atomic E-state index is 13.1. The van der Waals surface area contributed by atoms with E-state index in [0.717, 1.165) is 42.5 Å². The average Bonchev–Trinajstić information content (AvgIpc) is 3.62. The summed E-state index contributed by atoms with van der Waals surface area (Å²) >= 11 is 0. The zero-order chi connectivity index (χ0) is 31.4. The molecule has 0 bridgehead atoms. The van der Waals surface area contributed by atoms with Crippen LogP contribution in [0.15, 0.2) is 67.5 Å². The minimum atomic E-state index is -0.522. The second-order valence-corrected chi connectivity index (χ2v) is 11.2. The molecule has 0 saturated carbocycles. The first-order valence-electron chi connectivity index (χ1n) is 14.7. The number of fused-ring (bicyclic) bond motifs is 1. The minimum Gasteiger partial charge on any atom is -0.494 e. The molecule has 2 N–H and O–H groups in total. The number of nitrogens with zero attached hydrogens (tertiary/aromatic N) is 5. The fourth-order valence-electron chi connectivity index (χ4n) is 5.49. The first-order chi connectivity index (χ1) is 21.2. The number of nitrogens with one attached hydrogen (secondary N) is 2. The van der Waals surface area contributed by atoms with E-state index >= 15 is 0 Å². The molecule has 1 saturated heterocycles. The van der Waals surface area contributed by atoms with E-state index in [1.54, 1.807) is 27.0 Å². The van der Waals surface area contributed by atoms with Crippen molar-refractivity contribution in [3.05, 3.63) is 73.1 Å². The molecule has 1 fully saturated rings. The van der Waals surface area contributed by atoms with Crippen molar-refractivity contribution in [3.63, 3.8) is 0 Å². The second-order valence-electron chi connectivity index (χ2n) is 11.2. The number of rotatable bonds is 11. The molecule has 3 heterocycles. The van der Waals surface area contributed by atoms with Crippen molar-refractivity contribution >= 4 is 45.8 Å². The molecule has 1 aliphatic heterocycles. The van der Waals surface area contributed by atoms with Crippen LogP contribution in [-0.2, 0) is 9.53 Å². The Labute approximate surface area is 257 Å². The van der Waals surface area contributed by atoms with E-state index in [9.17, 15) is 9.59 Å². The third-order valence-electron chi connectivity index (χ3n) is 7.73. The van der Waals surface area contributed by atoms with Gasteiger partial charge >= 0.3 is 5.97 Å². The highest BCUT2D eigenvalue weighted by atomic mass is 16.5. The normalized spacial score (nSPS) is 14.9. The number of ether oxygens (including phenoxy) is 2. The topological polar surface area (TPSA) is 114 Å². The highest BCUT2D eigenvalue weighted by Crippen LogP contribution is 2.38. The molecule has 0 radical (unpaired) electrons. The van der Waals surface area contributed by atoms with Gasteiger partial charge in [0.2, 0.25) is 11.9 Å². The third-order valence-corrected chi connectivity index (χ3v) is 7.73. The van der Waals surface area contributed by atoms with E-state index in [0.29, 0.717) is 29.0 Å². The van der Waals surface area contributed by atoms with Gasteiger partial charge in [-0.3, -0.25) is 4.79 Å². The third kappa shape index (κ3) is 6.52. The van der Waals surface area contributed by atoms with E-state index in [4.69, 9.17) is 14.5 Å². The van der Waals surface area contributed by atoms with Crippen molar-refractivity contribution in [2.75, 3.05) is 49.8 Å². The molecule has 230 valence electrons. The van der Waals surface area contributed by atoms with Gasteiger partial charge in [0.05, 0.1) is 35.8 Å². The van der Waals surface area contributed by atoms with Crippen molar-refractivity contribution in [1.82, 2.24) is 19.4 Å². The lowest BCUT2D eigenvalue weighted by molar-refractivity contribution is -0.111. The Balaban J connectivity index is 1.55. The molecule has 4 aromatic rings. The SMILES string of the molecule is C=CC(=O)Nc1cc(Nc2ncc(C(=O)OC(C)C)c(-n3ccc4ccccc43)n2)c(OC)cc1N(C)C[C@H]1CCCN1C. The van der Waals surface area contributed by atoms with Crippen molar-refractivity contribution in [3.8, 4) is 11.6 Å². The quantitative estimate of drug-likeness (QED) is 0.173. The molecule has 0 spiro atoms. The molecule has 0 unspecified atom stereocenters. The van der Waals surface area contributed by atoms with Crippen molar-refractivity contribution in [2.45, 2.75) is 38.8 Å². The van der Waals surface area contributed by atoms with E-state index in [2.05, 4.69) is 39.0 Å². The van der Waals surface area contributed by atoms with Gasteiger partial charge in [0.15, 0.2) is 5.82 Å². The molecule has 2 aromatic heterocycles. The van der Waals surface area contributed by atoms with Gasteiger partial charge in [0, 0.05) is 38.1 Å². The Morgan fingerprint density at radius 3 is 2.70 bits per heavy atom. The summed E-state index contributed by atoms with van der Waals surface area (Å²) < 4.78 is 13.1. The summed E-state index contributed by atoms with van der Waals surface area (Å²) in [5.41, 5.74) is 3.02. The number of para-hydroxylation sites is 1. The van der Waals surface area contributed by atoms with Gasteiger partial charge in [-0.2, -0.15) is 4.98 Å². The molecule has 0 aliphatic carbocycles. The minimum absolute atomic E-state index is 0.227. The number of benzene rings is 2. The number of likely N-dealkylation sites (tertiary alicyclic amines) is 1. The van der Waals surface area contributed by atoms with E-state index in [-0.39, 0.29) is 23.5 Å². The van der Waals surface area contributed by atoms with Crippen molar-refractivity contribution in [1.29, 1.82) is 0 Å². The Morgan fingerprint density at radius 1 is 1.20 bits per heavy atom. The summed E-state index contributed by atoms with van der Waals surface area (Å²) in [6.45, 7) is 9.05. The molecular weight excluding hydrogens is 558 g/mol. The van der Waals surface area contributed by atoms with Crippen LogP contribution in [0.4, 0.5) is 23.0 Å². The van der Waals surface area contributed by atoms with Gasteiger partial charge in [-0.05, 0) is 69.9 Å². The molecule has 11 nitrogen and oxygen atoms in total. The lowest BCUT2D eigenvalue weighted by Gasteiger charge is -2.29. The summed E-state index contributed by atoms with van der Waals surface area (Å²) in [7, 11) is 5.72. The fourth-order valence-corrected chi connectivity index (χ4v) is 5.49. The maximum atomic E-state index is 13.1. The number of amides is 1. The summed E-state index contributed by atoms with van der Waals surface area (Å²) in [6.07, 6.45) is 6.51. The second kappa shape index (κ2) is 13.2. The predicted octanol–water partition coefficient (Wildman–Crippen LogP) is 5.39. The number of carbonyl (C=O) groups is 2. The fraction of sp³-hybridized carbons (Fsp3) is 0.333. The van der Waals surface area contributed by atoms with Gasteiger partial charge < -0.3 is 34.5 Å². The van der Waals surface area contributed by atoms with Gasteiger partial charge in [-0.25, -0.2) is 9.78 Å². The molecule has 2 aromatic carbocycles. The Kier molecular flexibility index (Phi) is 9.15. The number of methoxy groups -OCH3 is 1. The van der Waals surface area contributed by atoms with Crippen LogP contribution < -0.4 is 20.3 Å². The summed E-state index contributed by atoms with van der Waals surface area (Å²) in [5.74, 6) is 0.270. The highest BCUT2D eigenvalue weighted by Gasteiger charge is 2.25. The van der Waals surface area contributed by atoms with Gasteiger partial charge in [0.25, 0.3) is 0 Å². The monoisotopic (exact) mass is 597 g/mol. The number of hydrogen-bond donors (Lipinski definition) is 2. The van der Waals surface area contributed by atoms with Crippen LogP contribution in [0.25, 0.3) is 16.7 Å². The molecule has 5 rings (SSSR count). The molecule has 11 heteroatoms. The Hall–Kier alpha value is -4.90. The van der Waals surface area contributed by atoms with Crippen LogP contribution in [0.2, 0.25) is 0 Å². The van der Waals surface area contributed by atoms with Crippen LogP contribution >= 0.6 is 0 Å². The molecular formula is C33H39N7O4. The highest BCUT2D eigenvalue weighted by molar-refractivity contribution is 6.02. The van der Waals surface area contributed by atoms with Crippen LogP contribution in [0.5, 0.6) is 5.75 Å². The smallest absolute Gasteiger partial charge is 0.343 e. The number of likely N-dealkylation sites (N-methyl/N-ethyl adjacent to an activating group) is 2.